The van der Waals surface area contributed by atoms with E-state index in [-0.39, 0.29) is 23.0 Å². The van der Waals surface area contributed by atoms with E-state index >= 15 is 0 Å². The van der Waals surface area contributed by atoms with Gasteiger partial charge in [-0.15, -0.1) is 11.3 Å². The molecule has 0 fully saturated rings. The van der Waals surface area contributed by atoms with E-state index in [0.717, 1.165) is 16.0 Å². The minimum absolute atomic E-state index is 0.0890. The third kappa shape index (κ3) is 4.86. The van der Waals surface area contributed by atoms with Crippen LogP contribution in [0.3, 0.4) is 0 Å². The molecule has 0 unspecified atom stereocenters. The smallest absolute Gasteiger partial charge is 0.272 e. The Bertz CT molecular complexity index is 1270. The molecule has 8 heteroatoms. The number of carbonyl (C=O) groups excluding carboxylic acids is 1. The van der Waals surface area contributed by atoms with Gasteiger partial charge in [-0.3, -0.25) is 14.2 Å². The molecule has 2 heterocycles. The lowest BCUT2D eigenvalue weighted by atomic mass is 10.2. The molecule has 2 aromatic heterocycles. The van der Waals surface area contributed by atoms with E-state index in [9.17, 15) is 14.0 Å². The van der Waals surface area contributed by atoms with Gasteiger partial charge in [-0.05, 0) is 36.2 Å². The molecule has 2 aromatic carbocycles. The Labute approximate surface area is 187 Å². The summed E-state index contributed by atoms with van der Waals surface area (Å²) in [5.74, 6) is -0.357. The summed E-state index contributed by atoms with van der Waals surface area (Å²) in [4.78, 5) is 30.9. The number of fused-ring (bicyclic) bond motifs is 1. The maximum absolute atomic E-state index is 13.0. The number of halogens is 1. The van der Waals surface area contributed by atoms with E-state index in [4.69, 9.17) is 0 Å². The predicted molar refractivity (Wildman–Crippen MR) is 124 cm³/mol. The van der Waals surface area contributed by atoms with Gasteiger partial charge in [0.2, 0.25) is 5.91 Å². The molecule has 4 rings (SSSR count). The SMILES string of the molecule is CCn1c(SCC(=O)NCc2ccc(F)cc2)nc2cc(-c3ccccc3)sc2c1=O. The molecule has 0 saturated heterocycles. The first-order valence-electron chi connectivity index (χ1n) is 9.79. The van der Waals surface area contributed by atoms with Crippen molar-refractivity contribution in [2.45, 2.75) is 25.2 Å². The molecule has 0 radical (unpaired) electrons. The molecule has 0 aliphatic heterocycles. The quantitative estimate of drug-likeness (QED) is 0.326. The van der Waals surface area contributed by atoms with Crippen molar-refractivity contribution >= 4 is 39.2 Å². The number of thiophene rings is 1. The number of thioether (sulfide) groups is 1. The number of hydrogen-bond donors (Lipinski definition) is 1. The minimum Gasteiger partial charge on any atom is -0.351 e. The number of carbonyl (C=O) groups is 1. The maximum atomic E-state index is 13.0. The Morgan fingerprint density at radius 3 is 2.61 bits per heavy atom. The molecule has 0 aliphatic rings. The van der Waals surface area contributed by atoms with Crippen molar-refractivity contribution < 1.29 is 9.18 Å². The number of nitrogens with zero attached hydrogens (tertiary/aromatic N) is 2. The number of amides is 1. The van der Waals surface area contributed by atoms with E-state index in [1.807, 2.05) is 43.3 Å². The van der Waals surface area contributed by atoms with Crippen LogP contribution in [-0.4, -0.2) is 21.2 Å². The molecule has 0 saturated carbocycles. The monoisotopic (exact) mass is 453 g/mol. The third-order valence-corrected chi connectivity index (χ3v) is 6.85. The molecule has 0 bridgehead atoms. The summed E-state index contributed by atoms with van der Waals surface area (Å²) in [6.07, 6.45) is 0. The molecule has 1 amide bonds. The second-order valence-corrected chi connectivity index (χ2v) is 8.82. The molecule has 1 N–H and O–H groups in total. The summed E-state index contributed by atoms with van der Waals surface area (Å²) in [6.45, 7) is 2.68. The highest BCUT2D eigenvalue weighted by Gasteiger charge is 2.15. The summed E-state index contributed by atoms with van der Waals surface area (Å²) >= 11 is 2.67. The van der Waals surface area contributed by atoms with Crippen molar-refractivity contribution in [2.24, 2.45) is 0 Å². The highest BCUT2D eigenvalue weighted by atomic mass is 32.2. The van der Waals surface area contributed by atoms with E-state index in [1.54, 1.807) is 16.7 Å². The van der Waals surface area contributed by atoms with Gasteiger partial charge in [0.1, 0.15) is 10.5 Å². The molecule has 4 aromatic rings. The van der Waals surface area contributed by atoms with Crippen molar-refractivity contribution in [3.63, 3.8) is 0 Å². The summed E-state index contributed by atoms with van der Waals surface area (Å²) in [5, 5.41) is 3.33. The molecular formula is C23H20FN3O2S2. The van der Waals surface area contributed by atoms with Gasteiger partial charge in [-0.1, -0.05) is 54.2 Å². The number of aromatic nitrogens is 2. The molecule has 0 aliphatic carbocycles. The van der Waals surface area contributed by atoms with Gasteiger partial charge in [-0.2, -0.15) is 0 Å². The largest absolute Gasteiger partial charge is 0.351 e. The maximum Gasteiger partial charge on any atom is 0.272 e. The van der Waals surface area contributed by atoms with Crippen molar-refractivity contribution in [1.29, 1.82) is 0 Å². The van der Waals surface area contributed by atoms with Crippen molar-refractivity contribution in [2.75, 3.05) is 5.75 Å². The van der Waals surface area contributed by atoms with Crippen LogP contribution in [0, 0.1) is 5.82 Å². The Kier molecular flexibility index (Phi) is 6.48. The summed E-state index contributed by atoms with van der Waals surface area (Å²) in [7, 11) is 0. The average molecular weight is 454 g/mol. The van der Waals surface area contributed by atoms with Gasteiger partial charge in [-0.25, -0.2) is 9.37 Å². The summed E-state index contributed by atoms with van der Waals surface area (Å²) in [5.41, 5.74) is 2.42. The summed E-state index contributed by atoms with van der Waals surface area (Å²) in [6, 6.07) is 17.8. The first-order chi connectivity index (χ1) is 15.0. The topological polar surface area (TPSA) is 64.0 Å². The van der Waals surface area contributed by atoms with Crippen LogP contribution in [0.2, 0.25) is 0 Å². The fourth-order valence-corrected chi connectivity index (χ4v) is 5.05. The zero-order valence-electron chi connectivity index (χ0n) is 16.8. The fourth-order valence-electron chi connectivity index (χ4n) is 3.11. The van der Waals surface area contributed by atoms with E-state index in [1.165, 1.54) is 35.2 Å². The average Bonchev–Trinajstić information content (AvgIpc) is 3.22. The number of nitrogens with one attached hydrogen (secondary N) is 1. The van der Waals surface area contributed by atoms with Crippen LogP contribution in [0.25, 0.3) is 20.7 Å². The Hall–Kier alpha value is -2.97. The fraction of sp³-hybridized carbons (Fsp3) is 0.174. The van der Waals surface area contributed by atoms with Crippen LogP contribution in [0.4, 0.5) is 4.39 Å². The molecule has 5 nitrogen and oxygen atoms in total. The van der Waals surface area contributed by atoms with Gasteiger partial charge in [0.05, 0.1) is 11.3 Å². The van der Waals surface area contributed by atoms with Crippen LogP contribution in [0.15, 0.2) is 70.6 Å². The van der Waals surface area contributed by atoms with Crippen LogP contribution >= 0.6 is 23.1 Å². The highest BCUT2D eigenvalue weighted by molar-refractivity contribution is 7.99. The van der Waals surface area contributed by atoms with Gasteiger partial charge >= 0.3 is 0 Å². The lowest BCUT2D eigenvalue weighted by molar-refractivity contribution is -0.118. The second kappa shape index (κ2) is 9.45. The Balaban J connectivity index is 1.50. The van der Waals surface area contributed by atoms with Gasteiger partial charge in [0, 0.05) is 18.0 Å². The first-order valence-corrected chi connectivity index (χ1v) is 11.6. The second-order valence-electron chi connectivity index (χ2n) is 6.83. The standard InChI is InChI=1S/C23H20FN3O2S2/c1-2-27-22(29)21-18(12-19(31-21)16-6-4-3-5-7-16)26-23(27)30-14-20(28)25-13-15-8-10-17(24)11-9-15/h3-12H,2,13-14H2,1H3,(H,25,28). The number of benzene rings is 2. The van der Waals surface area contributed by atoms with Crippen molar-refractivity contribution in [3.05, 3.63) is 82.4 Å². The molecule has 31 heavy (non-hydrogen) atoms. The lowest BCUT2D eigenvalue weighted by Crippen LogP contribution is -2.26. The lowest BCUT2D eigenvalue weighted by Gasteiger charge is -2.10. The summed E-state index contributed by atoms with van der Waals surface area (Å²) < 4.78 is 15.2. The van der Waals surface area contributed by atoms with Crippen molar-refractivity contribution in [3.8, 4) is 10.4 Å². The van der Waals surface area contributed by atoms with Crippen LogP contribution in [0.5, 0.6) is 0 Å². The Morgan fingerprint density at radius 2 is 1.90 bits per heavy atom. The normalized spacial score (nSPS) is 11.0. The van der Waals surface area contributed by atoms with Gasteiger partial charge < -0.3 is 5.32 Å². The number of hydrogen-bond acceptors (Lipinski definition) is 5. The highest BCUT2D eigenvalue weighted by Crippen LogP contribution is 2.31. The molecule has 0 spiro atoms. The van der Waals surface area contributed by atoms with E-state index < -0.39 is 0 Å². The minimum atomic E-state index is -0.312. The Morgan fingerprint density at radius 1 is 1.16 bits per heavy atom. The zero-order chi connectivity index (χ0) is 21.8. The van der Waals surface area contributed by atoms with Crippen LogP contribution < -0.4 is 10.9 Å². The first kappa shape index (κ1) is 21.3. The van der Waals surface area contributed by atoms with Gasteiger partial charge in [0.25, 0.3) is 5.56 Å². The zero-order valence-corrected chi connectivity index (χ0v) is 18.4. The van der Waals surface area contributed by atoms with E-state index in [0.29, 0.717) is 28.5 Å². The van der Waals surface area contributed by atoms with Crippen LogP contribution in [0.1, 0.15) is 12.5 Å². The van der Waals surface area contributed by atoms with Crippen LogP contribution in [-0.2, 0) is 17.9 Å². The predicted octanol–water partition coefficient (Wildman–Crippen LogP) is 4.69. The third-order valence-electron chi connectivity index (χ3n) is 4.71. The molecule has 158 valence electrons. The van der Waals surface area contributed by atoms with E-state index in [2.05, 4.69) is 10.3 Å². The molecular weight excluding hydrogens is 433 g/mol. The number of rotatable bonds is 7. The van der Waals surface area contributed by atoms with Gasteiger partial charge in [0.15, 0.2) is 5.16 Å². The molecule has 0 atom stereocenters. The van der Waals surface area contributed by atoms with Crippen molar-refractivity contribution in [1.82, 2.24) is 14.9 Å².